The van der Waals surface area contributed by atoms with Crippen molar-refractivity contribution in [2.24, 2.45) is 0 Å². The molecule has 1 aliphatic rings. The maximum atomic E-state index is 12.2. The molecular formula is C20H23ClN2O4. The molecule has 144 valence electrons. The normalized spacial score (nSPS) is 17.9. The molecule has 1 amide bonds. The summed E-state index contributed by atoms with van der Waals surface area (Å²) in [5, 5.41) is 3.43. The number of ether oxygens (including phenoxy) is 3. The van der Waals surface area contributed by atoms with E-state index in [2.05, 4.69) is 10.3 Å². The van der Waals surface area contributed by atoms with Gasteiger partial charge in [0.1, 0.15) is 11.9 Å². The lowest BCUT2D eigenvalue weighted by Crippen LogP contribution is -2.32. The highest BCUT2D eigenvalue weighted by atomic mass is 35.5. The summed E-state index contributed by atoms with van der Waals surface area (Å²) in [6.45, 7) is 2.93. The standard InChI is InChI=1S/C20H23ClN2O4/c1-14(26-13-18-4-2-3-11-25-18)20(24)23-16-7-10-19(22-12-16)27-17-8-5-15(21)6-9-17/h5-10,12,14,18H,2-4,11,13H2,1H3,(H,23,24). The summed E-state index contributed by atoms with van der Waals surface area (Å²) in [7, 11) is 0. The fourth-order valence-corrected chi connectivity index (χ4v) is 2.77. The van der Waals surface area contributed by atoms with Crippen molar-refractivity contribution in [1.82, 2.24) is 4.98 Å². The van der Waals surface area contributed by atoms with E-state index in [1.807, 2.05) is 0 Å². The minimum atomic E-state index is -0.569. The minimum absolute atomic E-state index is 0.0833. The molecule has 0 radical (unpaired) electrons. The summed E-state index contributed by atoms with van der Waals surface area (Å²) in [6.07, 6.45) is 4.27. The number of hydrogen-bond donors (Lipinski definition) is 1. The fraction of sp³-hybridized carbons (Fsp3) is 0.400. The number of carbonyl (C=O) groups excluding carboxylic acids is 1. The van der Waals surface area contributed by atoms with E-state index in [1.165, 1.54) is 0 Å². The fourth-order valence-electron chi connectivity index (χ4n) is 2.65. The lowest BCUT2D eigenvalue weighted by molar-refractivity contribution is -0.130. The Labute approximate surface area is 163 Å². The monoisotopic (exact) mass is 390 g/mol. The molecule has 2 atom stereocenters. The molecule has 6 nitrogen and oxygen atoms in total. The number of nitrogens with zero attached hydrogens (tertiary/aromatic N) is 1. The second-order valence-corrected chi connectivity index (χ2v) is 6.83. The first kappa shape index (κ1) is 19.6. The Morgan fingerprint density at radius 1 is 1.30 bits per heavy atom. The molecule has 0 bridgehead atoms. The number of halogens is 1. The predicted octanol–water partition coefficient (Wildman–Crippen LogP) is 4.44. The Bertz CT molecular complexity index is 731. The van der Waals surface area contributed by atoms with Crippen LogP contribution in [0.15, 0.2) is 42.6 Å². The van der Waals surface area contributed by atoms with Crippen LogP contribution in [-0.4, -0.2) is 36.3 Å². The summed E-state index contributed by atoms with van der Waals surface area (Å²) in [6, 6.07) is 10.4. The topological polar surface area (TPSA) is 69.7 Å². The molecule has 3 rings (SSSR count). The van der Waals surface area contributed by atoms with E-state index < -0.39 is 6.10 Å². The van der Waals surface area contributed by atoms with Crippen molar-refractivity contribution in [3.8, 4) is 11.6 Å². The highest BCUT2D eigenvalue weighted by Crippen LogP contribution is 2.22. The maximum Gasteiger partial charge on any atom is 0.253 e. The van der Waals surface area contributed by atoms with Crippen LogP contribution in [0.25, 0.3) is 0 Å². The van der Waals surface area contributed by atoms with Gasteiger partial charge in [-0.05, 0) is 56.5 Å². The van der Waals surface area contributed by atoms with E-state index in [1.54, 1.807) is 49.5 Å². The van der Waals surface area contributed by atoms with Gasteiger partial charge in [-0.1, -0.05) is 11.6 Å². The van der Waals surface area contributed by atoms with Crippen LogP contribution in [0.3, 0.4) is 0 Å². The molecule has 0 spiro atoms. The summed E-state index contributed by atoms with van der Waals surface area (Å²) < 4.78 is 16.9. The third-order valence-corrected chi connectivity index (χ3v) is 4.47. The van der Waals surface area contributed by atoms with Crippen molar-refractivity contribution in [3.05, 3.63) is 47.6 Å². The average Bonchev–Trinajstić information content (AvgIpc) is 2.70. The number of hydrogen-bond acceptors (Lipinski definition) is 5. The summed E-state index contributed by atoms with van der Waals surface area (Å²) in [5.41, 5.74) is 0.577. The number of amides is 1. The Morgan fingerprint density at radius 2 is 2.11 bits per heavy atom. The average molecular weight is 391 g/mol. The van der Waals surface area contributed by atoms with E-state index in [0.717, 1.165) is 25.9 Å². The zero-order valence-corrected chi connectivity index (χ0v) is 15.9. The molecule has 27 heavy (non-hydrogen) atoms. The van der Waals surface area contributed by atoms with Gasteiger partial charge in [0.15, 0.2) is 0 Å². The summed E-state index contributed by atoms with van der Waals surface area (Å²) in [5.74, 6) is 0.837. The second-order valence-electron chi connectivity index (χ2n) is 6.39. The van der Waals surface area contributed by atoms with Gasteiger partial charge in [-0.2, -0.15) is 0 Å². The molecular weight excluding hydrogens is 368 g/mol. The van der Waals surface area contributed by atoms with Crippen molar-refractivity contribution in [2.75, 3.05) is 18.5 Å². The Morgan fingerprint density at radius 3 is 2.78 bits per heavy atom. The van der Waals surface area contributed by atoms with Crippen molar-refractivity contribution >= 4 is 23.2 Å². The molecule has 2 heterocycles. The molecule has 1 aromatic carbocycles. The van der Waals surface area contributed by atoms with E-state index in [4.69, 9.17) is 25.8 Å². The van der Waals surface area contributed by atoms with Crippen LogP contribution < -0.4 is 10.1 Å². The summed E-state index contributed by atoms with van der Waals surface area (Å²) in [4.78, 5) is 16.4. The van der Waals surface area contributed by atoms with Gasteiger partial charge in [0.2, 0.25) is 5.88 Å². The Kier molecular flexibility index (Phi) is 7.04. The van der Waals surface area contributed by atoms with Crippen LogP contribution in [0.2, 0.25) is 5.02 Å². The molecule has 1 fully saturated rings. The van der Waals surface area contributed by atoms with Crippen molar-refractivity contribution in [2.45, 2.75) is 38.4 Å². The summed E-state index contributed by atoms with van der Waals surface area (Å²) >= 11 is 5.85. The van der Waals surface area contributed by atoms with Gasteiger partial charge in [0, 0.05) is 17.7 Å². The first-order valence-corrected chi connectivity index (χ1v) is 9.41. The third kappa shape index (κ3) is 6.20. The van der Waals surface area contributed by atoms with Gasteiger partial charge in [0.05, 0.1) is 24.6 Å². The van der Waals surface area contributed by atoms with Crippen LogP contribution in [0.4, 0.5) is 5.69 Å². The molecule has 1 saturated heterocycles. The highest BCUT2D eigenvalue weighted by Gasteiger charge is 2.19. The quantitative estimate of drug-likeness (QED) is 0.756. The number of rotatable bonds is 7. The first-order chi connectivity index (χ1) is 13.1. The van der Waals surface area contributed by atoms with E-state index in [-0.39, 0.29) is 12.0 Å². The largest absolute Gasteiger partial charge is 0.439 e. The number of nitrogens with one attached hydrogen (secondary N) is 1. The van der Waals surface area contributed by atoms with Gasteiger partial charge in [-0.25, -0.2) is 4.98 Å². The molecule has 0 aliphatic carbocycles. The van der Waals surface area contributed by atoms with E-state index in [0.29, 0.717) is 28.9 Å². The Balaban J connectivity index is 1.46. The van der Waals surface area contributed by atoms with Gasteiger partial charge in [-0.3, -0.25) is 4.79 Å². The lowest BCUT2D eigenvalue weighted by atomic mass is 10.1. The van der Waals surface area contributed by atoms with Gasteiger partial charge < -0.3 is 19.5 Å². The number of aromatic nitrogens is 1. The van der Waals surface area contributed by atoms with E-state index in [9.17, 15) is 4.79 Å². The van der Waals surface area contributed by atoms with E-state index >= 15 is 0 Å². The second kappa shape index (κ2) is 9.69. The van der Waals surface area contributed by atoms with Crippen LogP contribution in [0, 0.1) is 0 Å². The molecule has 2 aromatic rings. The van der Waals surface area contributed by atoms with Gasteiger partial charge in [-0.15, -0.1) is 0 Å². The number of carbonyl (C=O) groups is 1. The highest BCUT2D eigenvalue weighted by molar-refractivity contribution is 6.30. The number of pyridine rings is 1. The third-order valence-electron chi connectivity index (χ3n) is 4.22. The molecule has 1 N–H and O–H groups in total. The predicted molar refractivity (Wildman–Crippen MR) is 103 cm³/mol. The molecule has 2 unspecified atom stereocenters. The van der Waals surface area contributed by atoms with Crippen LogP contribution >= 0.6 is 11.6 Å². The zero-order chi connectivity index (χ0) is 19.1. The molecule has 1 aromatic heterocycles. The molecule has 0 saturated carbocycles. The van der Waals surface area contributed by atoms with Crippen LogP contribution in [0.5, 0.6) is 11.6 Å². The number of anilines is 1. The maximum absolute atomic E-state index is 12.2. The smallest absolute Gasteiger partial charge is 0.253 e. The lowest BCUT2D eigenvalue weighted by Gasteiger charge is -2.23. The molecule has 1 aliphatic heterocycles. The Hall–Kier alpha value is -2.15. The van der Waals surface area contributed by atoms with Gasteiger partial charge in [0.25, 0.3) is 5.91 Å². The van der Waals surface area contributed by atoms with Crippen molar-refractivity contribution in [3.63, 3.8) is 0 Å². The van der Waals surface area contributed by atoms with Gasteiger partial charge >= 0.3 is 0 Å². The van der Waals surface area contributed by atoms with Crippen LogP contribution in [0.1, 0.15) is 26.2 Å². The van der Waals surface area contributed by atoms with Crippen molar-refractivity contribution in [1.29, 1.82) is 0 Å². The SMILES string of the molecule is CC(OCC1CCCCO1)C(=O)Nc1ccc(Oc2ccc(Cl)cc2)nc1. The number of benzene rings is 1. The minimum Gasteiger partial charge on any atom is -0.439 e. The molecule has 7 heteroatoms. The van der Waals surface area contributed by atoms with Crippen molar-refractivity contribution < 1.29 is 19.0 Å². The zero-order valence-electron chi connectivity index (χ0n) is 15.2. The first-order valence-electron chi connectivity index (χ1n) is 9.04. The van der Waals surface area contributed by atoms with Crippen LogP contribution in [-0.2, 0) is 14.3 Å².